The number of hydrogen-bond acceptors (Lipinski definition) is 5. The fourth-order valence-electron chi connectivity index (χ4n) is 3.25. The summed E-state index contributed by atoms with van der Waals surface area (Å²) in [7, 11) is 0. The van der Waals surface area contributed by atoms with Crippen molar-refractivity contribution in [1.82, 2.24) is 4.90 Å². The van der Waals surface area contributed by atoms with Crippen molar-refractivity contribution >= 4 is 35.1 Å². The molecular formula is C25H18ClFN2O4. The van der Waals surface area contributed by atoms with Crippen molar-refractivity contribution < 1.29 is 23.5 Å². The van der Waals surface area contributed by atoms with Crippen LogP contribution in [0.15, 0.2) is 89.6 Å². The van der Waals surface area contributed by atoms with Gasteiger partial charge in [-0.2, -0.15) is 0 Å². The van der Waals surface area contributed by atoms with Gasteiger partial charge in [0.05, 0.1) is 5.56 Å². The molecule has 2 amide bonds. The standard InChI is InChI=1S/C25H18ClFN2O4/c26-21-22(24(31)29(23(21)30)15-14-16-4-2-1-3-5-16)28-19-10-6-17(7-11-19)25(32)33-20-12-8-18(27)9-13-20/h1-13,28H,14-15H2. The monoisotopic (exact) mass is 464 g/mol. The average molecular weight is 465 g/mol. The highest BCUT2D eigenvalue weighted by Gasteiger charge is 2.37. The SMILES string of the molecule is O=C(Oc1ccc(F)cc1)c1ccc(NC2=C(Cl)C(=O)N(CCc3ccccc3)C2=O)cc1. The number of carbonyl (C=O) groups excluding carboxylic acids is 3. The van der Waals surface area contributed by atoms with E-state index in [0.29, 0.717) is 12.1 Å². The summed E-state index contributed by atoms with van der Waals surface area (Å²) in [6.45, 7) is 0.206. The topological polar surface area (TPSA) is 75.7 Å². The van der Waals surface area contributed by atoms with E-state index in [4.69, 9.17) is 16.3 Å². The Labute approximate surface area is 194 Å². The summed E-state index contributed by atoms with van der Waals surface area (Å²) < 4.78 is 18.2. The first-order chi connectivity index (χ1) is 15.9. The van der Waals surface area contributed by atoms with Crippen LogP contribution in [0.2, 0.25) is 0 Å². The minimum atomic E-state index is -0.621. The number of hydrogen-bond donors (Lipinski definition) is 1. The van der Waals surface area contributed by atoms with Crippen molar-refractivity contribution in [3.63, 3.8) is 0 Å². The van der Waals surface area contributed by atoms with Crippen molar-refractivity contribution in [3.05, 3.63) is 107 Å². The summed E-state index contributed by atoms with van der Waals surface area (Å²) in [6.07, 6.45) is 0.515. The van der Waals surface area contributed by atoms with Crippen molar-refractivity contribution in [1.29, 1.82) is 0 Å². The van der Waals surface area contributed by atoms with Gasteiger partial charge in [-0.1, -0.05) is 41.9 Å². The molecule has 0 atom stereocenters. The first kappa shape index (κ1) is 22.2. The number of nitrogens with zero attached hydrogens (tertiary/aromatic N) is 1. The summed E-state index contributed by atoms with van der Waals surface area (Å²) in [5.74, 6) is -1.91. The number of halogens is 2. The minimum Gasteiger partial charge on any atom is -0.423 e. The van der Waals surface area contributed by atoms with Crippen molar-refractivity contribution in [2.24, 2.45) is 0 Å². The van der Waals surface area contributed by atoms with E-state index in [9.17, 15) is 18.8 Å². The van der Waals surface area contributed by atoms with Crippen molar-refractivity contribution in [2.45, 2.75) is 6.42 Å². The Kier molecular flexibility index (Phi) is 6.51. The predicted molar refractivity (Wildman–Crippen MR) is 121 cm³/mol. The molecule has 0 aromatic heterocycles. The number of ether oxygens (including phenoxy) is 1. The van der Waals surface area contributed by atoms with Gasteiger partial charge in [-0.25, -0.2) is 9.18 Å². The molecule has 6 nitrogen and oxygen atoms in total. The quantitative estimate of drug-likeness (QED) is 0.316. The summed E-state index contributed by atoms with van der Waals surface area (Å²) in [4.78, 5) is 38.6. The number of amides is 2. The highest BCUT2D eigenvalue weighted by atomic mass is 35.5. The molecule has 0 radical (unpaired) electrons. The van der Waals surface area contributed by atoms with Gasteiger partial charge >= 0.3 is 5.97 Å². The van der Waals surface area contributed by atoms with Crippen LogP contribution in [0.3, 0.4) is 0 Å². The molecule has 3 aromatic rings. The molecule has 1 aliphatic rings. The highest BCUT2D eigenvalue weighted by Crippen LogP contribution is 2.26. The Morgan fingerprint density at radius 3 is 2.24 bits per heavy atom. The molecule has 0 spiro atoms. The Balaban J connectivity index is 1.39. The summed E-state index contributed by atoms with van der Waals surface area (Å²) in [6, 6.07) is 20.7. The molecule has 0 saturated heterocycles. The first-order valence-electron chi connectivity index (χ1n) is 10.1. The van der Waals surface area contributed by atoms with Gasteiger partial charge in [-0.3, -0.25) is 14.5 Å². The van der Waals surface area contributed by atoms with Crippen molar-refractivity contribution in [2.75, 3.05) is 11.9 Å². The Bertz CT molecular complexity index is 1230. The van der Waals surface area contributed by atoms with Crippen molar-refractivity contribution in [3.8, 4) is 5.75 Å². The zero-order valence-corrected chi connectivity index (χ0v) is 18.0. The molecule has 0 fully saturated rings. The lowest BCUT2D eigenvalue weighted by Crippen LogP contribution is -2.34. The predicted octanol–water partition coefficient (Wildman–Crippen LogP) is 4.52. The number of nitrogens with one attached hydrogen (secondary N) is 1. The van der Waals surface area contributed by atoms with Gasteiger partial charge < -0.3 is 10.1 Å². The zero-order chi connectivity index (χ0) is 23.4. The number of rotatable bonds is 7. The van der Waals surface area contributed by atoms with E-state index < -0.39 is 23.6 Å². The van der Waals surface area contributed by atoms with Gasteiger partial charge in [0.2, 0.25) is 0 Å². The molecule has 0 bridgehead atoms. The van der Waals surface area contributed by atoms with Gasteiger partial charge in [0, 0.05) is 12.2 Å². The van der Waals surface area contributed by atoms with Crippen LogP contribution in [-0.4, -0.2) is 29.2 Å². The summed E-state index contributed by atoms with van der Waals surface area (Å²) >= 11 is 6.14. The third-order valence-electron chi connectivity index (χ3n) is 4.99. The van der Waals surface area contributed by atoms with E-state index >= 15 is 0 Å². The van der Waals surface area contributed by atoms with E-state index in [1.165, 1.54) is 36.4 Å². The number of carbonyl (C=O) groups is 3. The molecular weight excluding hydrogens is 447 g/mol. The second-order valence-corrected chi connectivity index (χ2v) is 7.61. The molecule has 1 aliphatic heterocycles. The lowest BCUT2D eigenvalue weighted by Gasteiger charge is -2.15. The van der Waals surface area contributed by atoms with E-state index in [2.05, 4.69) is 5.32 Å². The average Bonchev–Trinajstić information content (AvgIpc) is 3.03. The van der Waals surface area contributed by atoms with E-state index in [1.807, 2.05) is 30.3 Å². The largest absolute Gasteiger partial charge is 0.423 e. The van der Waals surface area contributed by atoms with Gasteiger partial charge in [0.1, 0.15) is 22.3 Å². The van der Waals surface area contributed by atoms with Crippen LogP contribution in [0.4, 0.5) is 10.1 Å². The van der Waals surface area contributed by atoms with Crippen LogP contribution in [0.1, 0.15) is 15.9 Å². The number of imide groups is 1. The van der Waals surface area contributed by atoms with Crippen LogP contribution in [0, 0.1) is 5.82 Å². The van der Waals surface area contributed by atoms with Crippen LogP contribution < -0.4 is 10.1 Å². The van der Waals surface area contributed by atoms with Gasteiger partial charge in [0.25, 0.3) is 11.8 Å². The minimum absolute atomic E-state index is 0.0173. The van der Waals surface area contributed by atoms with Gasteiger partial charge in [-0.05, 0) is 60.5 Å². The zero-order valence-electron chi connectivity index (χ0n) is 17.3. The second kappa shape index (κ2) is 9.67. The molecule has 166 valence electrons. The maximum absolute atomic E-state index is 13.0. The first-order valence-corrected chi connectivity index (χ1v) is 10.4. The molecule has 0 unspecified atom stereocenters. The van der Waals surface area contributed by atoms with E-state index in [0.717, 1.165) is 10.5 Å². The Morgan fingerprint density at radius 1 is 0.909 bits per heavy atom. The number of anilines is 1. The third kappa shape index (κ3) is 5.10. The lowest BCUT2D eigenvalue weighted by molar-refractivity contribution is -0.137. The van der Waals surface area contributed by atoms with Crippen LogP contribution in [0.25, 0.3) is 0 Å². The molecule has 1 heterocycles. The normalized spacial score (nSPS) is 13.5. The number of esters is 1. The fourth-order valence-corrected chi connectivity index (χ4v) is 3.48. The second-order valence-electron chi connectivity index (χ2n) is 7.23. The highest BCUT2D eigenvalue weighted by molar-refractivity contribution is 6.48. The van der Waals surface area contributed by atoms with Gasteiger partial charge in [0.15, 0.2) is 0 Å². The maximum atomic E-state index is 13.0. The fraction of sp³-hybridized carbons (Fsp3) is 0.0800. The molecule has 0 saturated carbocycles. The van der Waals surface area contributed by atoms with E-state index in [-0.39, 0.29) is 28.6 Å². The Hall–Kier alpha value is -3.97. The maximum Gasteiger partial charge on any atom is 0.343 e. The van der Waals surface area contributed by atoms with E-state index in [1.54, 1.807) is 12.1 Å². The van der Waals surface area contributed by atoms with Crippen LogP contribution in [-0.2, 0) is 16.0 Å². The molecule has 33 heavy (non-hydrogen) atoms. The summed E-state index contributed by atoms with van der Waals surface area (Å²) in [5, 5.41) is 2.68. The third-order valence-corrected chi connectivity index (χ3v) is 5.34. The smallest absolute Gasteiger partial charge is 0.343 e. The Morgan fingerprint density at radius 2 is 1.58 bits per heavy atom. The molecule has 0 aliphatic carbocycles. The van der Waals surface area contributed by atoms with Crippen LogP contribution in [0.5, 0.6) is 5.75 Å². The summed E-state index contributed by atoms with van der Waals surface area (Å²) in [5.41, 5.74) is 1.70. The molecule has 4 rings (SSSR count). The number of benzene rings is 3. The molecule has 1 N–H and O–H groups in total. The lowest BCUT2D eigenvalue weighted by atomic mass is 10.1. The molecule has 8 heteroatoms. The van der Waals surface area contributed by atoms with Gasteiger partial charge in [-0.15, -0.1) is 0 Å². The molecule has 3 aromatic carbocycles. The van der Waals surface area contributed by atoms with Crippen LogP contribution >= 0.6 is 11.6 Å².